The predicted octanol–water partition coefficient (Wildman–Crippen LogP) is 4.19. The third-order valence-corrected chi connectivity index (χ3v) is 5.49. The van der Waals surface area contributed by atoms with E-state index in [4.69, 9.17) is 9.73 Å². The Bertz CT molecular complexity index is 572. The van der Waals surface area contributed by atoms with Gasteiger partial charge in [0.2, 0.25) is 0 Å². The second-order valence-electron chi connectivity index (χ2n) is 7.66. The fourth-order valence-corrected chi connectivity index (χ4v) is 3.73. The minimum Gasteiger partial charge on any atom is -0.387 e. The van der Waals surface area contributed by atoms with Crippen molar-refractivity contribution in [2.24, 2.45) is 10.4 Å². The van der Waals surface area contributed by atoms with Crippen LogP contribution in [0.4, 0.5) is 0 Å². The van der Waals surface area contributed by atoms with Crippen LogP contribution in [0.1, 0.15) is 63.2 Å². The quantitative estimate of drug-likeness (QED) is 0.194. The molecule has 1 aromatic carbocycles. The van der Waals surface area contributed by atoms with Crippen molar-refractivity contribution >= 4 is 29.9 Å². The Hall–Kier alpha value is -0.860. The lowest BCUT2D eigenvalue weighted by Crippen LogP contribution is -2.40. The molecule has 0 aliphatic heterocycles. The molecule has 1 atom stereocenters. The summed E-state index contributed by atoms with van der Waals surface area (Å²) in [4.78, 5) is 4.85. The summed E-state index contributed by atoms with van der Waals surface area (Å²) in [5.41, 5.74) is 2.39. The van der Waals surface area contributed by atoms with Gasteiger partial charge in [-0.25, -0.2) is 0 Å². The number of aliphatic imine (C=N–C) groups is 1. The minimum atomic E-state index is -0.548. The van der Waals surface area contributed by atoms with E-state index in [9.17, 15) is 5.11 Å². The summed E-state index contributed by atoms with van der Waals surface area (Å²) in [6.45, 7) is 9.83. The van der Waals surface area contributed by atoms with Crippen LogP contribution in [-0.4, -0.2) is 43.9 Å². The van der Waals surface area contributed by atoms with Gasteiger partial charge in [0, 0.05) is 32.8 Å². The molecule has 160 valence electrons. The maximum Gasteiger partial charge on any atom is 0.191 e. The number of aliphatic hydroxyl groups is 1. The van der Waals surface area contributed by atoms with Gasteiger partial charge >= 0.3 is 0 Å². The molecule has 0 aromatic heterocycles. The Morgan fingerprint density at radius 3 is 2.46 bits per heavy atom. The molecule has 0 radical (unpaired) electrons. The average Bonchev–Trinajstić information content (AvgIpc) is 3.13. The van der Waals surface area contributed by atoms with Crippen molar-refractivity contribution in [3.8, 4) is 0 Å². The number of nitrogens with one attached hydrogen (secondary N) is 2. The van der Waals surface area contributed by atoms with Crippen LogP contribution in [-0.2, 0) is 4.74 Å². The number of hydrogen-bond acceptors (Lipinski definition) is 3. The smallest absolute Gasteiger partial charge is 0.191 e. The number of ether oxygens (including phenoxy) is 1. The maximum absolute atomic E-state index is 10.4. The van der Waals surface area contributed by atoms with Crippen LogP contribution in [0.5, 0.6) is 0 Å². The molecule has 3 N–H and O–H groups in total. The topological polar surface area (TPSA) is 65.9 Å². The number of rotatable bonds is 10. The van der Waals surface area contributed by atoms with Gasteiger partial charge in [-0.2, -0.15) is 0 Å². The number of halogens is 1. The molecule has 0 bridgehead atoms. The monoisotopic (exact) mass is 503 g/mol. The lowest BCUT2D eigenvalue weighted by molar-refractivity contribution is 0.107. The third-order valence-electron chi connectivity index (χ3n) is 5.49. The van der Waals surface area contributed by atoms with Crippen LogP contribution < -0.4 is 10.6 Å². The molecule has 1 unspecified atom stereocenters. The van der Waals surface area contributed by atoms with Gasteiger partial charge in [0.15, 0.2) is 5.96 Å². The summed E-state index contributed by atoms with van der Waals surface area (Å²) in [6.07, 6.45) is 5.57. The first-order valence-electron chi connectivity index (χ1n) is 10.4. The Morgan fingerprint density at radius 1 is 1.18 bits per heavy atom. The van der Waals surface area contributed by atoms with Crippen molar-refractivity contribution in [2.45, 2.75) is 59.0 Å². The lowest BCUT2D eigenvalue weighted by Gasteiger charge is -2.27. The first kappa shape index (κ1) is 25.2. The van der Waals surface area contributed by atoms with Crippen molar-refractivity contribution in [1.82, 2.24) is 10.6 Å². The minimum absolute atomic E-state index is 0. The van der Waals surface area contributed by atoms with Gasteiger partial charge in [0.05, 0.1) is 6.10 Å². The highest BCUT2D eigenvalue weighted by Gasteiger charge is 2.33. The lowest BCUT2D eigenvalue weighted by atomic mass is 9.83. The zero-order valence-electron chi connectivity index (χ0n) is 17.7. The van der Waals surface area contributed by atoms with E-state index < -0.39 is 6.10 Å². The van der Waals surface area contributed by atoms with Gasteiger partial charge in [0.1, 0.15) is 0 Å². The summed E-state index contributed by atoms with van der Waals surface area (Å²) >= 11 is 0. The largest absolute Gasteiger partial charge is 0.387 e. The molecular formula is C22H38IN3O2. The number of benzene rings is 1. The van der Waals surface area contributed by atoms with Crippen molar-refractivity contribution in [3.05, 3.63) is 35.4 Å². The van der Waals surface area contributed by atoms with Crippen LogP contribution >= 0.6 is 24.0 Å². The predicted molar refractivity (Wildman–Crippen MR) is 128 cm³/mol. The molecule has 1 fully saturated rings. The second-order valence-corrected chi connectivity index (χ2v) is 7.66. The van der Waals surface area contributed by atoms with E-state index in [1.165, 1.54) is 31.2 Å². The van der Waals surface area contributed by atoms with Gasteiger partial charge < -0.3 is 20.5 Å². The van der Waals surface area contributed by atoms with Gasteiger partial charge in [-0.15, -0.1) is 24.0 Å². The van der Waals surface area contributed by atoms with Crippen LogP contribution in [0.15, 0.2) is 29.3 Å². The molecule has 2 rings (SSSR count). The zero-order valence-corrected chi connectivity index (χ0v) is 20.0. The molecule has 1 saturated carbocycles. The van der Waals surface area contributed by atoms with Crippen molar-refractivity contribution in [3.63, 3.8) is 0 Å². The molecule has 5 nitrogen and oxygen atoms in total. The van der Waals surface area contributed by atoms with Crippen molar-refractivity contribution < 1.29 is 9.84 Å². The zero-order chi connectivity index (χ0) is 19.5. The number of aliphatic hydroxyl groups excluding tert-OH is 1. The molecule has 28 heavy (non-hydrogen) atoms. The third kappa shape index (κ3) is 8.25. The van der Waals surface area contributed by atoms with E-state index >= 15 is 0 Å². The van der Waals surface area contributed by atoms with E-state index in [1.807, 2.05) is 31.2 Å². The number of aryl methyl sites for hydroxylation is 1. The molecule has 6 heteroatoms. The first-order chi connectivity index (χ1) is 13.1. The SMILES string of the molecule is CCNC(=NCC1(CCOCC)CCCC1)NCC(O)c1ccc(C)cc1.I. The summed E-state index contributed by atoms with van der Waals surface area (Å²) in [5, 5.41) is 17.0. The van der Waals surface area contributed by atoms with E-state index in [-0.39, 0.29) is 29.4 Å². The normalized spacial score (nSPS) is 17.1. The van der Waals surface area contributed by atoms with Crippen LogP contribution in [0.3, 0.4) is 0 Å². The van der Waals surface area contributed by atoms with Gasteiger partial charge in [-0.3, -0.25) is 4.99 Å². The van der Waals surface area contributed by atoms with Crippen LogP contribution in [0.25, 0.3) is 0 Å². The number of nitrogens with zero attached hydrogens (tertiary/aromatic N) is 1. The molecule has 1 aliphatic carbocycles. The fourth-order valence-electron chi connectivity index (χ4n) is 3.73. The Balaban J connectivity index is 0.00000392. The highest BCUT2D eigenvalue weighted by Crippen LogP contribution is 2.41. The molecule has 0 saturated heterocycles. The fraction of sp³-hybridized carbons (Fsp3) is 0.682. The summed E-state index contributed by atoms with van der Waals surface area (Å²) < 4.78 is 5.60. The molecule has 0 heterocycles. The number of guanidine groups is 1. The average molecular weight is 503 g/mol. The Labute approximate surface area is 187 Å². The highest BCUT2D eigenvalue weighted by atomic mass is 127. The standard InChI is InChI=1S/C22H37N3O2.HI/c1-4-23-21(24-16-20(26)19-10-8-18(3)9-11-19)25-17-22(12-6-7-13-22)14-15-27-5-2;/h8-11,20,26H,4-7,12-17H2,1-3H3,(H2,23,24,25);1H. The van der Waals surface area contributed by atoms with Gasteiger partial charge in [0.25, 0.3) is 0 Å². The van der Waals surface area contributed by atoms with E-state index in [0.717, 1.165) is 44.2 Å². The van der Waals surface area contributed by atoms with Crippen LogP contribution in [0, 0.1) is 12.3 Å². The molecule has 1 aromatic rings. The van der Waals surface area contributed by atoms with Crippen LogP contribution in [0.2, 0.25) is 0 Å². The molecule has 1 aliphatic rings. The Kier molecular flexibility index (Phi) is 12.0. The van der Waals surface area contributed by atoms with Crippen molar-refractivity contribution in [2.75, 3.05) is 32.8 Å². The molecule has 0 amide bonds. The molecular weight excluding hydrogens is 465 g/mol. The summed E-state index contributed by atoms with van der Waals surface area (Å²) in [6, 6.07) is 8.01. The van der Waals surface area contributed by atoms with Crippen molar-refractivity contribution in [1.29, 1.82) is 0 Å². The van der Waals surface area contributed by atoms with Gasteiger partial charge in [-0.05, 0) is 51.0 Å². The number of hydrogen-bond donors (Lipinski definition) is 3. The van der Waals surface area contributed by atoms with E-state index in [1.54, 1.807) is 0 Å². The molecule has 0 spiro atoms. The second kappa shape index (κ2) is 13.4. The summed E-state index contributed by atoms with van der Waals surface area (Å²) in [5.74, 6) is 0.784. The maximum atomic E-state index is 10.4. The summed E-state index contributed by atoms with van der Waals surface area (Å²) in [7, 11) is 0. The first-order valence-corrected chi connectivity index (χ1v) is 10.4. The van der Waals surface area contributed by atoms with E-state index in [0.29, 0.717) is 6.54 Å². The highest BCUT2D eigenvalue weighted by molar-refractivity contribution is 14.0. The van der Waals surface area contributed by atoms with E-state index in [2.05, 4.69) is 24.5 Å². The Morgan fingerprint density at radius 2 is 1.86 bits per heavy atom. The van der Waals surface area contributed by atoms with Gasteiger partial charge in [-0.1, -0.05) is 42.7 Å².